The van der Waals surface area contributed by atoms with Crippen molar-refractivity contribution in [2.24, 2.45) is 5.41 Å². The number of nitrogens with zero attached hydrogens (tertiary/aromatic N) is 3. The van der Waals surface area contributed by atoms with Gasteiger partial charge in [0.05, 0.1) is 6.54 Å². The van der Waals surface area contributed by atoms with Gasteiger partial charge in [-0.3, -0.25) is 9.59 Å². The van der Waals surface area contributed by atoms with Gasteiger partial charge in [0.25, 0.3) is 0 Å². The van der Waals surface area contributed by atoms with Crippen LogP contribution < -0.4 is 0 Å². The summed E-state index contributed by atoms with van der Waals surface area (Å²) < 4.78 is 2.17. The third-order valence-corrected chi connectivity index (χ3v) is 5.65. The number of aromatic nitrogens is 1. The smallest absolute Gasteiger partial charge is 0.242 e. The highest BCUT2D eigenvalue weighted by Crippen LogP contribution is 2.19. The summed E-state index contributed by atoms with van der Waals surface area (Å²) in [6.45, 7) is 11.4. The van der Waals surface area contributed by atoms with E-state index in [4.69, 9.17) is 0 Å². The molecule has 0 bridgehead atoms. The maximum absolute atomic E-state index is 13.5. The molecule has 0 spiro atoms. The predicted octanol–water partition coefficient (Wildman–Crippen LogP) is 5.13. The van der Waals surface area contributed by atoms with E-state index < -0.39 is 5.41 Å². The second kappa shape index (κ2) is 11.5. The van der Waals surface area contributed by atoms with Crippen LogP contribution in [0.5, 0.6) is 0 Å². The molecule has 178 valence electrons. The van der Waals surface area contributed by atoms with Gasteiger partial charge in [-0.1, -0.05) is 87.5 Å². The summed E-state index contributed by atoms with van der Waals surface area (Å²) in [5, 5.41) is 0. The SMILES string of the molecule is C=CCN(CC(=O)N(Cc1ccccc1)Cc1cccn1Cc1ccccc1)C(=O)C(C)(C)C. The van der Waals surface area contributed by atoms with E-state index in [1.165, 1.54) is 5.56 Å². The zero-order valence-corrected chi connectivity index (χ0v) is 20.5. The second-order valence-corrected chi connectivity index (χ2v) is 9.57. The molecule has 1 heterocycles. The van der Waals surface area contributed by atoms with Crippen LogP contribution in [0.4, 0.5) is 0 Å². The number of carbonyl (C=O) groups excluding carboxylic acids is 2. The Morgan fingerprint density at radius 2 is 1.47 bits per heavy atom. The van der Waals surface area contributed by atoms with Crippen molar-refractivity contribution >= 4 is 11.8 Å². The van der Waals surface area contributed by atoms with E-state index >= 15 is 0 Å². The summed E-state index contributed by atoms with van der Waals surface area (Å²) in [6, 6.07) is 24.3. The van der Waals surface area contributed by atoms with E-state index in [0.29, 0.717) is 19.6 Å². The van der Waals surface area contributed by atoms with E-state index in [0.717, 1.165) is 17.8 Å². The fourth-order valence-corrected chi connectivity index (χ4v) is 3.87. The van der Waals surface area contributed by atoms with E-state index in [2.05, 4.69) is 29.3 Å². The van der Waals surface area contributed by atoms with Crippen molar-refractivity contribution in [2.45, 2.75) is 40.4 Å². The first-order valence-electron chi connectivity index (χ1n) is 11.7. The predicted molar refractivity (Wildman–Crippen MR) is 137 cm³/mol. The van der Waals surface area contributed by atoms with Crippen molar-refractivity contribution in [2.75, 3.05) is 13.1 Å². The van der Waals surface area contributed by atoms with Crippen molar-refractivity contribution in [3.05, 3.63) is 108 Å². The van der Waals surface area contributed by atoms with Crippen LogP contribution in [0.1, 0.15) is 37.6 Å². The fourth-order valence-electron chi connectivity index (χ4n) is 3.87. The first kappa shape index (κ1) is 25.0. The topological polar surface area (TPSA) is 45.6 Å². The minimum Gasteiger partial charge on any atom is -0.345 e. The summed E-state index contributed by atoms with van der Waals surface area (Å²) in [6.07, 6.45) is 3.71. The molecule has 3 rings (SSSR count). The molecule has 0 aliphatic rings. The molecular formula is C29H35N3O2. The van der Waals surface area contributed by atoms with E-state index in [-0.39, 0.29) is 18.4 Å². The molecule has 34 heavy (non-hydrogen) atoms. The van der Waals surface area contributed by atoms with Crippen molar-refractivity contribution in [1.29, 1.82) is 0 Å². The Hall–Kier alpha value is -3.60. The van der Waals surface area contributed by atoms with E-state index in [1.807, 2.05) is 86.5 Å². The summed E-state index contributed by atoms with van der Waals surface area (Å²) in [4.78, 5) is 29.9. The van der Waals surface area contributed by atoms with Crippen molar-refractivity contribution in [1.82, 2.24) is 14.4 Å². The van der Waals surface area contributed by atoms with Crippen LogP contribution in [0, 0.1) is 5.41 Å². The summed E-state index contributed by atoms with van der Waals surface area (Å²) in [5.74, 6) is -0.149. The Morgan fingerprint density at radius 3 is 2.06 bits per heavy atom. The molecule has 0 N–H and O–H groups in total. The van der Waals surface area contributed by atoms with Gasteiger partial charge >= 0.3 is 0 Å². The van der Waals surface area contributed by atoms with Gasteiger partial charge in [-0.25, -0.2) is 0 Å². The van der Waals surface area contributed by atoms with Crippen LogP contribution in [0.2, 0.25) is 0 Å². The molecule has 1 aromatic heterocycles. The molecule has 0 aliphatic carbocycles. The zero-order chi connectivity index (χ0) is 24.6. The molecule has 3 aromatic rings. The number of rotatable bonds is 10. The number of hydrogen-bond donors (Lipinski definition) is 0. The lowest BCUT2D eigenvalue weighted by molar-refractivity contribution is -0.145. The molecule has 5 nitrogen and oxygen atoms in total. The molecule has 0 unspecified atom stereocenters. The summed E-state index contributed by atoms with van der Waals surface area (Å²) in [7, 11) is 0. The normalized spacial score (nSPS) is 11.1. The van der Waals surface area contributed by atoms with E-state index in [9.17, 15) is 9.59 Å². The van der Waals surface area contributed by atoms with Gasteiger partial charge in [0.1, 0.15) is 6.54 Å². The van der Waals surface area contributed by atoms with Gasteiger partial charge in [-0.05, 0) is 23.3 Å². The first-order valence-corrected chi connectivity index (χ1v) is 11.7. The maximum atomic E-state index is 13.5. The Balaban J connectivity index is 1.83. The van der Waals surface area contributed by atoms with Gasteiger partial charge in [-0.15, -0.1) is 6.58 Å². The summed E-state index contributed by atoms with van der Waals surface area (Å²) >= 11 is 0. The first-order chi connectivity index (χ1) is 16.3. The van der Waals surface area contributed by atoms with Crippen LogP contribution in [0.15, 0.2) is 91.6 Å². The van der Waals surface area contributed by atoms with Gasteiger partial charge in [0.2, 0.25) is 11.8 Å². The number of hydrogen-bond acceptors (Lipinski definition) is 2. The molecular weight excluding hydrogens is 422 g/mol. The number of amides is 2. The quantitative estimate of drug-likeness (QED) is 0.397. The van der Waals surface area contributed by atoms with Crippen molar-refractivity contribution < 1.29 is 9.59 Å². The minimum atomic E-state index is -0.571. The molecule has 0 fully saturated rings. The van der Waals surface area contributed by atoms with E-state index in [1.54, 1.807) is 11.0 Å². The van der Waals surface area contributed by atoms with Crippen LogP contribution in [-0.4, -0.2) is 39.3 Å². The van der Waals surface area contributed by atoms with Crippen molar-refractivity contribution in [3.8, 4) is 0 Å². The Kier molecular flexibility index (Phi) is 8.47. The highest BCUT2D eigenvalue weighted by Gasteiger charge is 2.29. The minimum absolute atomic E-state index is 0.0222. The molecule has 0 radical (unpaired) electrons. The van der Waals surface area contributed by atoms with Gasteiger partial charge in [0.15, 0.2) is 0 Å². The van der Waals surface area contributed by atoms with Crippen molar-refractivity contribution in [3.63, 3.8) is 0 Å². The highest BCUT2D eigenvalue weighted by molar-refractivity contribution is 5.87. The van der Waals surface area contributed by atoms with Gasteiger partial charge in [0, 0.05) is 36.9 Å². The number of carbonyl (C=O) groups is 2. The van der Waals surface area contributed by atoms with Gasteiger partial charge in [-0.2, -0.15) is 0 Å². The lowest BCUT2D eigenvalue weighted by atomic mass is 9.94. The van der Waals surface area contributed by atoms with Crippen LogP contribution in [-0.2, 0) is 29.2 Å². The second-order valence-electron chi connectivity index (χ2n) is 9.57. The maximum Gasteiger partial charge on any atom is 0.242 e. The highest BCUT2D eigenvalue weighted by atomic mass is 16.2. The Bertz CT molecular complexity index is 1080. The zero-order valence-electron chi connectivity index (χ0n) is 20.5. The molecule has 0 saturated heterocycles. The Morgan fingerprint density at radius 1 is 0.853 bits per heavy atom. The standard InChI is InChI=1S/C29H35N3O2/c1-5-18-31(28(34)29(2,3)4)23-27(33)32(21-25-15-10-7-11-16-25)22-26-17-12-19-30(26)20-24-13-8-6-9-14-24/h5-17,19H,1,18,20-23H2,2-4H3. The average molecular weight is 458 g/mol. The fraction of sp³-hybridized carbons (Fsp3) is 0.310. The summed E-state index contributed by atoms with van der Waals surface area (Å²) in [5.41, 5.74) is 2.73. The molecule has 0 atom stereocenters. The average Bonchev–Trinajstić information content (AvgIpc) is 3.25. The largest absolute Gasteiger partial charge is 0.345 e. The number of benzene rings is 2. The van der Waals surface area contributed by atoms with Crippen LogP contribution in [0.25, 0.3) is 0 Å². The molecule has 0 aliphatic heterocycles. The lowest BCUT2D eigenvalue weighted by Gasteiger charge is -2.31. The van der Waals surface area contributed by atoms with Crippen LogP contribution in [0.3, 0.4) is 0 Å². The molecule has 0 saturated carbocycles. The van der Waals surface area contributed by atoms with Crippen LogP contribution >= 0.6 is 0 Å². The lowest BCUT2D eigenvalue weighted by Crippen LogP contribution is -2.46. The monoisotopic (exact) mass is 457 g/mol. The third-order valence-electron chi connectivity index (χ3n) is 5.65. The molecule has 5 heteroatoms. The Labute approximate surface area is 203 Å². The third kappa shape index (κ3) is 6.95. The molecule has 2 aromatic carbocycles. The van der Waals surface area contributed by atoms with Gasteiger partial charge < -0.3 is 14.4 Å². The molecule has 2 amide bonds.